The van der Waals surface area contributed by atoms with E-state index in [-0.39, 0.29) is 11.7 Å². The fourth-order valence-corrected chi connectivity index (χ4v) is 3.26. The van der Waals surface area contributed by atoms with E-state index in [2.05, 4.69) is 22.9 Å². The van der Waals surface area contributed by atoms with Gasteiger partial charge in [-0.15, -0.1) is 0 Å². The highest BCUT2D eigenvalue weighted by molar-refractivity contribution is 9.10. The van der Waals surface area contributed by atoms with E-state index in [4.69, 9.17) is 14.6 Å². The molecule has 0 aromatic heterocycles. The van der Waals surface area contributed by atoms with Crippen molar-refractivity contribution in [3.05, 3.63) is 22.2 Å². The first kappa shape index (κ1) is 16.1. The van der Waals surface area contributed by atoms with E-state index in [1.807, 2.05) is 6.92 Å². The third-order valence-electron chi connectivity index (χ3n) is 3.73. The number of hydrogen-bond donors (Lipinski definition) is 1. The van der Waals surface area contributed by atoms with Crippen LogP contribution in [0.5, 0.6) is 11.5 Å². The van der Waals surface area contributed by atoms with Crippen LogP contribution in [0.1, 0.15) is 49.9 Å². The van der Waals surface area contributed by atoms with Gasteiger partial charge >= 0.3 is 5.97 Å². The Morgan fingerprint density at radius 1 is 1.43 bits per heavy atom. The Morgan fingerprint density at radius 2 is 2.19 bits per heavy atom. The van der Waals surface area contributed by atoms with Crippen molar-refractivity contribution >= 4 is 21.9 Å². The summed E-state index contributed by atoms with van der Waals surface area (Å²) in [5.41, 5.74) is 0.190. The molecule has 1 N–H and O–H groups in total. The average molecular weight is 357 g/mol. The largest absolute Gasteiger partial charge is 0.490 e. The molecule has 1 saturated carbocycles. The highest BCUT2D eigenvalue weighted by Gasteiger charge is 2.23. The Balaban J connectivity index is 2.26. The Labute approximate surface area is 133 Å². The summed E-state index contributed by atoms with van der Waals surface area (Å²) >= 11 is 3.41. The maximum Gasteiger partial charge on any atom is 0.335 e. The highest BCUT2D eigenvalue weighted by Crippen LogP contribution is 2.39. The zero-order valence-corrected chi connectivity index (χ0v) is 14.0. The molecule has 1 aromatic carbocycles. The minimum Gasteiger partial charge on any atom is -0.490 e. The molecule has 0 bridgehead atoms. The molecule has 1 aliphatic carbocycles. The summed E-state index contributed by atoms with van der Waals surface area (Å²) in [5.74, 6) is 0.786. The molecule has 0 amide bonds. The van der Waals surface area contributed by atoms with Gasteiger partial charge in [0.2, 0.25) is 0 Å². The number of carboxylic acids is 1. The molecule has 21 heavy (non-hydrogen) atoms. The van der Waals surface area contributed by atoms with Crippen molar-refractivity contribution < 1.29 is 19.4 Å². The average Bonchev–Trinajstić information content (AvgIpc) is 2.42. The summed E-state index contributed by atoms with van der Waals surface area (Å²) in [6, 6.07) is 3.09. The van der Waals surface area contributed by atoms with Gasteiger partial charge in [-0.2, -0.15) is 0 Å². The number of carbonyl (C=O) groups is 1. The van der Waals surface area contributed by atoms with Crippen molar-refractivity contribution in [1.29, 1.82) is 0 Å². The number of hydrogen-bond acceptors (Lipinski definition) is 3. The fraction of sp³-hybridized carbons (Fsp3) is 0.562. The van der Waals surface area contributed by atoms with E-state index in [0.717, 1.165) is 12.8 Å². The quantitative estimate of drug-likeness (QED) is 0.843. The van der Waals surface area contributed by atoms with Gasteiger partial charge in [-0.05, 0) is 60.2 Å². The number of ether oxygens (including phenoxy) is 2. The first-order valence-electron chi connectivity index (χ1n) is 7.37. The number of benzene rings is 1. The van der Waals surface area contributed by atoms with E-state index in [9.17, 15) is 4.79 Å². The second-order valence-electron chi connectivity index (χ2n) is 5.54. The van der Waals surface area contributed by atoms with Gasteiger partial charge in [0.1, 0.15) is 0 Å². The van der Waals surface area contributed by atoms with E-state index >= 15 is 0 Å². The number of carboxylic acid groups (broad SMARTS) is 1. The molecule has 0 spiro atoms. The van der Waals surface area contributed by atoms with Crippen LogP contribution < -0.4 is 9.47 Å². The Kier molecular flexibility index (Phi) is 5.51. The minimum absolute atomic E-state index is 0.167. The van der Waals surface area contributed by atoms with Crippen LogP contribution in [0.3, 0.4) is 0 Å². The Bertz CT molecular complexity index is 515. The van der Waals surface area contributed by atoms with Gasteiger partial charge in [0.25, 0.3) is 0 Å². The van der Waals surface area contributed by atoms with Crippen molar-refractivity contribution in [3.8, 4) is 11.5 Å². The van der Waals surface area contributed by atoms with E-state index in [1.54, 1.807) is 6.07 Å². The van der Waals surface area contributed by atoms with Crippen LogP contribution in [0.15, 0.2) is 16.6 Å². The zero-order valence-electron chi connectivity index (χ0n) is 12.4. The third-order valence-corrected chi connectivity index (χ3v) is 4.32. The molecule has 2 rings (SSSR count). The van der Waals surface area contributed by atoms with Gasteiger partial charge in [0.15, 0.2) is 11.5 Å². The normalized spacial score (nSPS) is 21.9. The molecule has 0 heterocycles. The second-order valence-corrected chi connectivity index (χ2v) is 6.39. The molecule has 1 aliphatic rings. The van der Waals surface area contributed by atoms with Gasteiger partial charge in [0, 0.05) is 0 Å². The van der Waals surface area contributed by atoms with Crippen LogP contribution in [-0.4, -0.2) is 23.8 Å². The minimum atomic E-state index is -0.977. The molecule has 0 saturated heterocycles. The van der Waals surface area contributed by atoms with Crippen LogP contribution in [-0.2, 0) is 0 Å². The summed E-state index contributed by atoms with van der Waals surface area (Å²) in [4.78, 5) is 11.1. The van der Waals surface area contributed by atoms with Gasteiger partial charge in [-0.3, -0.25) is 0 Å². The van der Waals surface area contributed by atoms with Crippen molar-refractivity contribution in [2.24, 2.45) is 5.92 Å². The molecule has 0 radical (unpaired) electrons. The molecule has 4 nitrogen and oxygen atoms in total. The van der Waals surface area contributed by atoms with Crippen LogP contribution in [0, 0.1) is 5.92 Å². The first-order chi connectivity index (χ1) is 10.0. The molecule has 0 aliphatic heterocycles. The van der Waals surface area contributed by atoms with Gasteiger partial charge < -0.3 is 14.6 Å². The van der Waals surface area contributed by atoms with Crippen LogP contribution in [0.25, 0.3) is 0 Å². The lowest BCUT2D eigenvalue weighted by molar-refractivity contribution is 0.0696. The molecular formula is C16H21BrO4. The summed E-state index contributed by atoms with van der Waals surface area (Å²) < 4.78 is 12.3. The molecule has 1 fully saturated rings. The van der Waals surface area contributed by atoms with Crippen LogP contribution in [0.2, 0.25) is 0 Å². The predicted molar refractivity (Wildman–Crippen MR) is 84.3 cm³/mol. The zero-order chi connectivity index (χ0) is 15.4. The van der Waals surface area contributed by atoms with Crippen LogP contribution in [0.4, 0.5) is 0 Å². The molecule has 116 valence electrons. The van der Waals surface area contributed by atoms with E-state index < -0.39 is 5.97 Å². The van der Waals surface area contributed by atoms with Gasteiger partial charge in [-0.25, -0.2) is 4.79 Å². The number of aromatic carboxylic acids is 1. The van der Waals surface area contributed by atoms with Crippen molar-refractivity contribution in [2.45, 2.75) is 45.6 Å². The molecule has 5 heteroatoms. The third kappa shape index (κ3) is 4.13. The monoisotopic (exact) mass is 356 g/mol. The summed E-state index contributed by atoms with van der Waals surface area (Å²) in [5, 5.41) is 9.13. The summed E-state index contributed by atoms with van der Waals surface area (Å²) in [7, 11) is 0. The lowest BCUT2D eigenvalue weighted by atomic mass is 9.89. The van der Waals surface area contributed by atoms with Crippen molar-refractivity contribution in [1.82, 2.24) is 0 Å². The maximum atomic E-state index is 11.1. The summed E-state index contributed by atoms with van der Waals surface area (Å²) in [6.45, 7) is 4.57. The SMILES string of the molecule is CCOc1cc(C(=O)O)cc(Br)c1OC1CCCC(C)C1. The van der Waals surface area contributed by atoms with E-state index in [1.165, 1.54) is 18.9 Å². The fourth-order valence-electron chi connectivity index (χ4n) is 2.72. The van der Waals surface area contributed by atoms with Crippen molar-refractivity contribution in [2.75, 3.05) is 6.61 Å². The second kappa shape index (κ2) is 7.16. The lowest BCUT2D eigenvalue weighted by Crippen LogP contribution is -2.24. The molecular weight excluding hydrogens is 336 g/mol. The van der Waals surface area contributed by atoms with Crippen LogP contribution >= 0.6 is 15.9 Å². The summed E-state index contributed by atoms with van der Waals surface area (Å²) in [6.07, 6.45) is 4.64. The lowest BCUT2D eigenvalue weighted by Gasteiger charge is -2.28. The van der Waals surface area contributed by atoms with Gasteiger partial charge in [0.05, 0.1) is 22.7 Å². The molecule has 1 aromatic rings. The van der Waals surface area contributed by atoms with Gasteiger partial charge in [-0.1, -0.05) is 13.3 Å². The van der Waals surface area contributed by atoms with Crippen molar-refractivity contribution in [3.63, 3.8) is 0 Å². The molecule has 2 unspecified atom stereocenters. The maximum absolute atomic E-state index is 11.1. The molecule has 2 atom stereocenters. The predicted octanol–water partition coefficient (Wildman–Crippen LogP) is 4.50. The topological polar surface area (TPSA) is 55.8 Å². The highest BCUT2D eigenvalue weighted by atomic mass is 79.9. The number of rotatable bonds is 5. The van der Waals surface area contributed by atoms with E-state index in [0.29, 0.717) is 28.5 Å². The first-order valence-corrected chi connectivity index (χ1v) is 8.16. The number of halogens is 1. The Morgan fingerprint density at radius 3 is 2.81 bits per heavy atom. The standard InChI is InChI=1S/C16H21BrO4/c1-3-20-14-9-11(16(18)19)8-13(17)15(14)21-12-6-4-5-10(2)7-12/h8-10,12H,3-7H2,1-2H3,(H,18,19). The Hall–Kier alpha value is -1.23. The smallest absolute Gasteiger partial charge is 0.335 e.